The second-order valence-corrected chi connectivity index (χ2v) is 4.44. The zero-order valence-corrected chi connectivity index (χ0v) is 9.10. The van der Waals surface area contributed by atoms with Crippen molar-refractivity contribution in [1.29, 1.82) is 0 Å². The fourth-order valence-corrected chi connectivity index (χ4v) is 2.97. The molecule has 4 heteroatoms. The quantitative estimate of drug-likeness (QED) is 0.732. The molecule has 0 aromatic carbocycles. The smallest absolute Gasteiger partial charge is 0.0876 e. The lowest BCUT2D eigenvalue weighted by molar-refractivity contribution is 0.317. The molecule has 0 radical (unpaired) electrons. The fourth-order valence-electron chi connectivity index (χ4n) is 2.97. The van der Waals surface area contributed by atoms with E-state index in [0.29, 0.717) is 18.5 Å². The van der Waals surface area contributed by atoms with Crippen molar-refractivity contribution < 1.29 is 0 Å². The summed E-state index contributed by atoms with van der Waals surface area (Å²) >= 11 is 0. The van der Waals surface area contributed by atoms with Crippen LogP contribution >= 0.6 is 0 Å². The predicted octanol–water partition coefficient (Wildman–Crippen LogP) is 1.73. The first-order valence-corrected chi connectivity index (χ1v) is 5.77. The molecule has 0 bridgehead atoms. The van der Waals surface area contributed by atoms with Crippen LogP contribution in [0.1, 0.15) is 12.8 Å². The van der Waals surface area contributed by atoms with Crippen molar-refractivity contribution in [3.8, 4) is 0 Å². The molecule has 0 saturated carbocycles. The zero-order chi connectivity index (χ0) is 11.0. The Labute approximate surface area is 94.7 Å². The van der Waals surface area contributed by atoms with Crippen molar-refractivity contribution in [3.05, 3.63) is 40.6 Å². The number of allylic oxidation sites excluding steroid dienone is 4. The van der Waals surface area contributed by atoms with Gasteiger partial charge in [0.25, 0.3) is 0 Å². The molecule has 3 rings (SSSR count). The molecule has 2 unspecified atom stereocenters. The number of nitrogens with one attached hydrogen (secondary N) is 1. The van der Waals surface area contributed by atoms with Crippen molar-refractivity contribution in [3.63, 3.8) is 0 Å². The standard InChI is InChI=1S/C12H15N3O/c16-14-6-5-11-9-3-1-2-4-10(9)12-7-13-8-15(11)12/h1-3,7,10-11,13H,4-6,8H2. The van der Waals surface area contributed by atoms with Crippen molar-refractivity contribution in [1.82, 2.24) is 10.2 Å². The molecule has 1 N–H and O–H groups in total. The van der Waals surface area contributed by atoms with E-state index < -0.39 is 0 Å². The predicted molar refractivity (Wildman–Crippen MR) is 62.3 cm³/mol. The summed E-state index contributed by atoms with van der Waals surface area (Å²) in [6.45, 7) is 1.27. The van der Waals surface area contributed by atoms with Crippen LogP contribution in [0, 0.1) is 10.8 Å². The van der Waals surface area contributed by atoms with Crippen LogP contribution in [0.4, 0.5) is 0 Å². The average molecular weight is 217 g/mol. The molecule has 2 atom stereocenters. The molecule has 1 saturated heterocycles. The van der Waals surface area contributed by atoms with Crippen LogP contribution in [0.5, 0.6) is 0 Å². The van der Waals surface area contributed by atoms with E-state index in [9.17, 15) is 4.91 Å². The van der Waals surface area contributed by atoms with Crippen molar-refractivity contribution >= 4 is 0 Å². The summed E-state index contributed by atoms with van der Waals surface area (Å²) in [6.07, 6.45) is 10.6. The molecule has 16 heavy (non-hydrogen) atoms. The highest BCUT2D eigenvalue weighted by Crippen LogP contribution is 2.43. The largest absolute Gasteiger partial charge is 0.372 e. The third-order valence-corrected chi connectivity index (χ3v) is 3.65. The molecule has 0 aromatic rings. The van der Waals surface area contributed by atoms with E-state index in [0.717, 1.165) is 19.5 Å². The minimum Gasteiger partial charge on any atom is -0.372 e. The van der Waals surface area contributed by atoms with Gasteiger partial charge in [0.15, 0.2) is 0 Å². The summed E-state index contributed by atoms with van der Waals surface area (Å²) in [6, 6.07) is 0.369. The topological polar surface area (TPSA) is 44.7 Å². The molecule has 0 spiro atoms. The Hall–Kier alpha value is -1.58. The third kappa shape index (κ3) is 1.29. The average Bonchev–Trinajstić information content (AvgIpc) is 2.87. The number of hydrogen-bond donors (Lipinski definition) is 1. The lowest BCUT2D eigenvalue weighted by Crippen LogP contribution is -2.31. The highest BCUT2D eigenvalue weighted by Gasteiger charge is 2.41. The maximum Gasteiger partial charge on any atom is 0.0876 e. The van der Waals surface area contributed by atoms with Crippen molar-refractivity contribution in [2.45, 2.75) is 18.9 Å². The van der Waals surface area contributed by atoms with E-state index in [4.69, 9.17) is 0 Å². The maximum atomic E-state index is 10.3. The van der Waals surface area contributed by atoms with Gasteiger partial charge in [-0.15, -0.1) is 0 Å². The van der Waals surface area contributed by atoms with E-state index in [1.54, 1.807) is 0 Å². The highest BCUT2D eigenvalue weighted by atomic mass is 16.3. The van der Waals surface area contributed by atoms with E-state index in [1.807, 2.05) is 0 Å². The Morgan fingerprint density at radius 3 is 3.38 bits per heavy atom. The van der Waals surface area contributed by atoms with Gasteiger partial charge in [-0.1, -0.05) is 23.4 Å². The van der Waals surface area contributed by atoms with Gasteiger partial charge in [0, 0.05) is 17.8 Å². The monoisotopic (exact) mass is 217 g/mol. The fraction of sp³-hybridized carbons (Fsp3) is 0.500. The van der Waals surface area contributed by atoms with Gasteiger partial charge in [-0.25, -0.2) is 0 Å². The SMILES string of the molecule is O=NCCC1C2=CC=CCC2C2=CNCN21. The molecular formula is C12H15N3O. The molecule has 4 nitrogen and oxygen atoms in total. The van der Waals surface area contributed by atoms with Gasteiger partial charge in [-0.3, -0.25) is 0 Å². The minimum absolute atomic E-state index is 0.369. The summed E-state index contributed by atoms with van der Waals surface area (Å²) in [5.74, 6) is 0.525. The molecule has 1 fully saturated rings. The highest BCUT2D eigenvalue weighted by molar-refractivity contribution is 5.40. The van der Waals surface area contributed by atoms with Crippen LogP contribution in [-0.2, 0) is 0 Å². The molecule has 0 amide bonds. The Kier molecular flexibility index (Phi) is 2.27. The van der Waals surface area contributed by atoms with Gasteiger partial charge in [0.1, 0.15) is 0 Å². The number of nitrogens with zero attached hydrogens (tertiary/aromatic N) is 2. The molecule has 2 heterocycles. The first-order valence-electron chi connectivity index (χ1n) is 5.77. The first-order chi connectivity index (χ1) is 7.92. The Morgan fingerprint density at radius 1 is 1.56 bits per heavy atom. The molecule has 3 aliphatic rings. The van der Waals surface area contributed by atoms with Crippen LogP contribution in [0.15, 0.2) is 40.9 Å². The normalized spacial score (nSPS) is 30.4. The minimum atomic E-state index is 0.369. The summed E-state index contributed by atoms with van der Waals surface area (Å²) < 4.78 is 0. The van der Waals surface area contributed by atoms with E-state index in [2.05, 4.69) is 39.8 Å². The summed E-state index contributed by atoms with van der Waals surface area (Å²) in [7, 11) is 0. The first kappa shape index (κ1) is 9.63. The summed E-state index contributed by atoms with van der Waals surface area (Å²) in [4.78, 5) is 12.7. The van der Waals surface area contributed by atoms with Gasteiger partial charge in [-0.05, 0) is 18.4 Å². The van der Waals surface area contributed by atoms with Crippen LogP contribution in [-0.4, -0.2) is 24.2 Å². The molecule has 0 aromatic heterocycles. The molecule has 1 aliphatic carbocycles. The van der Waals surface area contributed by atoms with E-state index in [-0.39, 0.29) is 0 Å². The molecular weight excluding hydrogens is 202 g/mol. The Morgan fingerprint density at radius 2 is 2.50 bits per heavy atom. The van der Waals surface area contributed by atoms with E-state index in [1.165, 1.54) is 11.3 Å². The number of fused-ring (bicyclic) bond motifs is 3. The number of rotatable bonds is 3. The van der Waals surface area contributed by atoms with Gasteiger partial charge in [-0.2, -0.15) is 4.91 Å². The third-order valence-electron chi connectivity index (χ3n) is 3.65. The van der Waals surface area contributed by atoms with Crippen LogP contribution < -0.4 is 5.32 Å². The summed E-state index contributed by atoms with van der Waals surface area (Å²) in [5, 5.41) is 6.26. The maximum absolute atomic E-state index is 10.3. The molecule has 84 valence electrons. The van der Waals surface area contributed by atoms with Crippen molar-refractivity contribution in [2.75, 3.05) is 13.2 Å². The van der Waals surface area contributed by atoms with Gasteiger partial charge >= 0.3 is 0 Å². The molecule has 2 aliphatic heterocycles. The second-order valence-electron chi connectivity index (χ2n) is 4.44. The van der Waals surface area contributed by atoms with Crippen LogP contribution in [0.2, 0.25) is 0 Å². The van der Waals surface area contributed by atoms with Gasteiger partial charge in [0.05, 0.1) is 19.3 Å². The summed E-state index contributed by atoms with van der Waals surface area (Å²) in [5.41, 5.74) is 2.84. The number of nitroso groups, excluding NO2 is 1. The van der Waals surface area contributed by atoms with Crippen molar-refractivity contribution in [2.24, 2.45) is 11.1 Å². The lowest BCUT2D eigenvalue weighted by Gasteiger charge is -2.23. The second kappa shape index (κ2) is 3.77. The van der Waals surface area contributed by atoms with Gasteiger partial charge < -0.3 is 10.2 Å². The zero-order valence-electron chi connectivity index (χ0n) is 9.10. The van der Waals surface area contributed by atoms with E-state index >= 15 is 0 Å². The van der Waals surface area contributed by atoms with Crippen LogP contribution in [0.3, 0.4) is 0 Å². The van der Waals surface area contributed by atoms with Gasteiger partial charge in [0.2, 0.25) is 0 Å². The Bertz CT molecular complexity index is 397. The lowest BCUT2D eigenvalue weighted by atomic mass is 9.88. The van der Waals surface area contributed by atoms with Crippen LogP contribution in [0.25, 0.3) is 0 Å². The number of hydrogen-bond acceptors (Lipinski definition) is 4. The Balaban J connectivity index is 1.90.